The van der Waals surface area contributed by atoms with Crippen LogP contribution in [-0.4, -0.2) is 23.0 Å². The Morgan fingerprint density at radius 2 is 2.00 bits per heavy atom. The van der Waals surface area contributed by atoms with Gasteiger partial charge in [0.1, 0.15) is 6.04 Å². The lowest BCUT2D eigenvalue weighted by Crippen LogP contribution is -2.43. The molecule has 0 saturated heterocycles. The first kappa shape index (κ1) is 15.7. The van der Waals surface area contributed by atoms with Gasteiger partial charge in [0.25, 0.3) is 0 Å². The lowest BCUT2D eigenvalue weighted by Gasteiger charge is -2.28. The second kappa shape index (κ2) is 6.23. The van der Waals surface area contributed by atoms with Crippen LogP contribution in [0.25, 0.3) is 0 Å². The summed E-state index contributed by atoms with van der Waals surface area (Å²) in [6.45, 7) is 0. The molecule has 4 rings (SSSR count). The highest BCUT2D eigenvalue weighted by atomic mass is 16.4. The van der Waals surface area contributed by atoms with Crippen molar-refractivity contribution in [2.75, 3.05) is 0 Å². The maximum atomic E-state index is 12.4. The van der Waals surface area contributed by atoms with Gasteiger partial charge in [0.15, 0.2) is 0 Å². The summed E-state index contributed by atoms with van der Waals surface area (Å²) in [6.07, 6.45) is 7.11. The van der Waals surface area contributed by atoms with Gasteiger partial charge in [-0.25, -0.2) is 4.79 Å². The van der Waals surface area contributed by atoms with Gasteiger partial charge in [-0.15, -0.1) is 0 Å². The number of carbonyl (C=O) groups is 2. The summed E-state index contributed by atoms with van der Waals surface area (Å²) in [7, 11) is 0. The average molecular weight is 327 g/mol. The van der Waals surface area contributed by atoms with E-state index in [0.717, 1.165) is 31.6 Å². The molecule has 2 saturated carbocycles. The van der Waals surface area contributed by atoms with Crippen molar-refractivity contribution in [1.82, 2.24) is 5.32 Å². The first-order valence-electron chi connectivity index (χ1n) is 9.24. The van der Waals surface area contributed by atoms with Crippen LogP contribution in [0.15, 0.2) is 24.3 Å². The Hall–Kier alpha value is -1.84. The Labute approximate surface area is 142 Å². The standard InChI is InChI=1S/C20H25NO3/c22-19(17-11-16(17)13-8-9-13)21-18(20(23)24)10-14-6-3-5-12-4-1-2-7-15(12)14/h1-2,4,7,13-14,16-18H,3,5-6,8-11H2,(H,21,22)(H,23,24). The molecule has 1 aromatic rings. The maximum Gasteiger partial charge on any atom is 0.326 e. The molecule has 2 fully saturated rings. The molecule has 0 bridgehead atoms. The van der Waals surface area contributed by atoms with Crippen molar-refractivity contribution in [3.8, 4) is 0 Å². The van der Waals surface area contributed by atoms with E-state index in [0.29, 0.717) is 12.3 Å². The number of fused-ring (bicyclic) bond motifs is 1. The largest absolute Gasteiger partial charge is 0.480 e. The van der Waals surface area contributed by atoms with Gasteiger partial charge in [-0.2, -0.15) is 0 Å². The highest BCUT2D eigenvalue weighted by Crippen LogP contribution is 2.54. The lowest BCUT2D eigenvalue weighted by molar-refractivity contribution is -0.142. The van der Waals surface area contributed by atoms with Crippen molar-refractivity contribution in [3.05, 3.63) is 35.4 Å². The van der Waals surface area contributed by atoms with Crippen LogP contribution in [0.1, 0.15) is 55.6 Å². The number of nitrogens with one attached hydrogen (secondary N) is 1. The molecule has 0 heterocycles. The third-order valence-corrected chi connectivity index (χ3v) is 6.03. The van der Waals surface area contributed by atoms with Gasteiger partial charge >= 0.3 is 5.97 Å². The van der Waals surface area contributed by atoms with E-state index >= 15 is 0 Å². The number of benzene rings is 1. The molecular formula is C20H25NO3. The predicted octanol–water partition coefficient (Wildman–Crippen LogP) is 3.11. The number of hydrogen-bond donors (Lipinski definition) is 2. The van der Waals surface area contributed by atoms with Gasteiger partial charge in [-0.3, -0.25) is 4.79 Å². The van der Waals surface area contributed by atoms with Crippen molar-refractivity contribution in [2.24, 2.45) is 17.8 Å². The summed E-state index contributed by atoms with van der Waals surface area (Å²) in [5, 5.41) is 12.4. The van der Waals surface area contributed by atoms with Crippen LogP contribution >= 0.6 is 0 Å². The van der Waals surface area contributed by atoms with E-state index in [1.807, 2.05) is 12.1 Å². The van der Waals surface area contributed by atoms with E-state index in [1.54, 1.807) is 0 Å². The maximum absolute atomic E-state index is 12.4. The molecule has 24 heavy (non-hydrogen) atoms. The van der Waals surface area contributed by atoms with Crippen molar-refractivity contribution >= 4 is 11.9 Å². The van der Waals surface area contributed by atoms with Crippen LogP contribution in [0, 0.1) is 17.8 Å². The third-order valence-electron chi connectivity index (χ3n) is 6.03. The third kappa shape index (κ3) is 3.19. The Morgan fingerprint density at radius 1 is 1.21 bits per heavy atom. The van der Waals surface area contributed by atoms with Crippen LogP contribution in [0.4, 0.5) is 0 Å². The van der Waals surface area contributed by atoms with E-state index in [-0.39, 0.29) is 17.7 Å². The molecule has 0 aliphatic heterocycles. The molecule has 3 aliphatic carbocycles. The van der Waals surface area contributed by atoms with Crippen molar-refractivity contribution < 1.29 is 14.7 Å². The van der Waals surface area contributed by atoms with E-state index in [9.17, 15) is 14.7 Å². The molecule has 128 valence electrons. The fraction of sp³-hybridized carbons (Fsp3) is 0.600. The van der Waals surface area contributed by atoms with E-state index in [2.05, 4.69) is 17.4 Å². The molecule has 0 radical (unpaired) electrons. The first-order valence-corrected chi connectivity index (χ1v) is 9.24. The fourth-order valence-electron chi connectivity index (χ4n) is 4.45. The minimum atomic E-state index is -0.907. The first-order chi connectivity index (χ1) is 11.6. The van der Waals surface area contributed by atoms with Gasteiger partial charge in [-0.1, -0.05) is 24.3 Å². The number of aryl methyl sites for hydroxylation is 1. The Balaban J connectivity index is 1.41. The van der Waals surface area contributed by atoms with E-state index in [4.69, 9.17) is 0 Å². The molecule has 4 nitrogen and oxygen atoms in total. The molecule has 2 N–H and O–H groups in total. The average Bonchev–Trinajstić information content (AvgIpc) is 3.46. The van der Waals surface area contributed by atoms with Gasteiger partial charge < -0.3 is 10.4 Å². The second-order valence-corrected chi connectivity index (χ2v) is 7.77. The number of carboxylic acid groups (broad SMARTS) is 1. The van der Waals surface area contributed by atoms with Crippen molar-refractivity contribution in [2.45, 2.75) is 56.9 Å². The Bertz CT molecular complexity index is 652. The minimum absolute atomic E-state index is 0.0385. The molecule has 1 aromatic carbocycles. The van der Waals surface area contributed by atoms with Crippen LogP contribution in [0.5, 0.6) is 0 Å². The summed E-state index contributed by atoms with van der Waals surface area (Å²) in [6, 6.07) is 7.55. The van der Waals surface area contributed by atoms with E-state index in [1.165, 1.54) is 24.0 Å². The molecule has 1 amide bonds. The van der Waals surface area contributed by atoms with Crippen LogP contribution < -0.4 is 5.32 Å². The van der Waals surface area contributed by atoms with E-state index < -0.39 is 12.0 Å². The predicted molar refractivity (Wildman–Crippen MR) is 90.6 cm³/mol. The normalized spacial score (nSPS) is 29.4. The SMILES string of the molecule is O=C(O)C(CC1CCCc2ccccc21)NC(=O)C1CC1C1CC1. The molecule has 4 heteroatoms. The Kier molecular flexibility index (Phi) is 4.07. The van der Waals surface area contributed by atoms with Crippen LogP contribution in [-0.2, 0) is 16.0 Å². The quantitative estimate of drug-likeness (QED) is 0.843. The van der Waals surface area contributed by atoms with Crippen molar-refractivity contribution in [1.29, 1.82) is 0 Å². The minimum Gasteiger partial charge on any atom is -0.480 e. The molecule has 3 aliphatic rings. The molecule has 0 aromatic heterocycles. The molecule has 0 spiro atoms. The molecular weight excluding hydrogens is 302 g/mol. The molecule has 4 atom stereocenters. The monoisotopic (exact) mass is 327 g/mol. The number of amides is 1. The highest BCUT2D eigenvalue weighted by Gasteiger charge is 2.51. The zero-order valence-corrected chi connectivity index (χ0v) is 13.9. The number of carbonyl (C=O) groups excluding carboxylic acids is 1. The van der Waals surface area contributed by atoms with Gasteiger partial charge in [0, 0.05) is 5.92 Å². The number of aliphatic carboxylic acids is 1. The van der Waals surface area contributed by atoms with Crippen LogP contribution in [0.3, 0.4) is 0 Å². The number of rotatable bonds is 6. The smallest absolute Gasteiger partial charge is 0.326 e. The number of hydrogen-bond acceptors (Lipinski definition) is 2. The topological polar surface area (TPSA) is 66.4 Å². The summed E-state index contributed by atoms with van der Waals surface area (Å²) in [5.41, 5.74) is 2.60. The van der Waals surface area contributed by atoms with Gasteiger partial charge in [-0.05, 0) is 73.8 Å². The zero-order valence-electron chi connectivity index (χ0n) is 13.9. The summed E-state index contributed by atoms with van der Waals surface area (Å²) < 4.78 is 0. The summed E-state index contributed by atoms with van der Waals surface area (Å²) in [5.74, 6) is 0.607. The van der Waals surface area contributed by atoms with Gasteiger partial charge in [0.05, 0.1) is 0 Å². The van der Waals surface area contributed by atoms with Crippen molar-refractivity contribution in [3.63, 3.8) is 0 Å². The molecule has 4 unspecified atom stereocenters. The summed E-state index contributed by atoms with van der Waals surface area (Å²) >= 11 is 0. The lowest BCUT2D eigenvalue weighted by atomic mass is 9.79. The fourth-order valence-corrected chi connectivity index (χ4v) is 4.45. The van der Waals surface area contributed by atoms with Gasteiger partial charge in [0.2, 0.25) is 5.91 Å². The zero-order chi connectivity index (χ0) is 16.7. The highest BCUT2D eigenvalue weighted by molar-refractivity contribution is 5.86. The second-order valence-electron chi connectivity index (χ2n) is 7.77. The van der Waals surface area contributed by atoms with Crippen LogP contribution in [0.2, 0.25) is 0 Å². The summed E-state index contributed by atoms with van der Waals surface area (Å²) in [4.78, 5) is 24.1. The number of carboxylic acids is 1. The Morgan fingerprint density at radius 3 is 2.75 bits per heavy atom.